The molecule has 2 fully saturated rings. The molecule has 0 saturated carbocycles. The third-order valence-electron chi connectivity index (χ3n) is 8.99. The lowest BCUT2D eigenvalue weighted by molar-refractivity contribution is -0.230. The smallest absolute Gasteiger partial charge is 0.331 e. The molecule has 14 nitrogen and oxygen atoms in total. The Morgan fingerprint density at radius 3 is 2.48 bits per heavy atom. The number of benzene rings is 2. The Bertz CT molecular complexity index is 1600. The lowest BCUT2D eigenvalue weighted by Crippen LogP contribution is -2.78. The van der Waals surface area contributed by atoms with Gasteiger partial charge in [0.1, 0.15) is 18.6 Å². The highest BCUT2D eigenvalue weighted by Gasteiger charge is 2.73. The average molecular weight is 604 g/mol. The number of anilines is 1. The van der Waals surface area contributed by atoms with E-state index in [1.807, 2.05) is 13.0 Å². The van der Waals surface area contributed by atoms with Gasteiger partial charge in [-0.3, -0.25) is 19.4 Å². The van der Waals surface area contributed by atoms with Crippen LogP contribution in [0.1, 0.15) is 42.3 Å². The topological polar surface area (TPSA) is 202 Å². The van der Waals surface area contributed by atoms with Gasteiger partial charge >= 0.3 is 6.03 Å². The number of guanidine groups is 2. The van der Waals surface area contributed by atoms with Crippen LogP contribution in [0, 0.1) is 6.92 Å². The number of para-hydroxylation sites is 1. The van der Waals surface area contributed by atoms with Gasteiger partial charge in [-0.15, -0.1) is 0 Å². The summed E-state index contributed by atoms with van der Waals surface area (Å²) in [4.78, 5) is 52.7. The number of hydrogen-bond donors (Lipinski definition) is 6. The van der Waals surface area contributed by atoms with Gasteiger partial charge in [-0.25, -0.2) is 14.8 Å². The maximum atomic E-state index is 13.6. The normalized spacial score (nSPS) is 27.5. The van der Waals surface area contributed by atoms with E-state index >= 15 is 0 Å². The zero-order valence-corrected chi connectivity index (χ0v) is 25.0. The summed E-state index contributed by atoms with van der Waals surface area (Å²) in [5, 5.41) is 29.3. The SMILES string of the molecule is Cc1c(C(=O)NC2CN3C(N)=N[C@@H](CN4C(=O)CN(c5ccccc5)C4=O)[C@@H]4N=C(N)N[C@@]43C2(O)O)cccc1C(C)(C)C. The fourth-order valence-electron chi connectivity index (χ4n) is 6.88. The van der Waals surface area contributed by atoms with E-state index in [1.54, 1.807) is 42.5 Å². The minimum atomic E-state index is -2.67. The molecule has 4 heterocycles. The lowest BCUT2D eigenvalue weighted by Gasteiger charge is -2.49. The first-order chi connectivity index (χ1) is 20.7. The summed E-state index contributed by atoms with van der Waals surface area (Å²) in [5.41, 5.74) is 13.2. The second-order valence-corrected chi connectivity index (χ2v) is 12.7. The number of amides is 4. The number of nitrogens with zero attached hydrogens (tertiary/aromatic N) is 5. The number of nitrogens with two attached hydrogens (primary N) is 2. The summed E-state index contributed by atoms with van der Waals surface area (Å²) in [6, 6.07) is 10.4. The Balaban J connectivity index is 1.28. The van der Waals surface area contributed by atoms with E-state index in [1.165, 1.54) is 9.80 Å². The highest BCUT2D eigenvalue weighted by Crippen LogP contribution is 2.45. The van der Waals surface area contributed by atoms with Crippen LogP contribution in [-0.2, 0) is 10.2 Å². The molecule has 4 aliphatic rings. The van der Waals surface area contributed by atoms with Crippen molar-refractivity contribution in [3.8, 4) is 0 Å². The molecular formula is C30H37N9O5. The van der Waals surface area contributed by atoms with Crippen LogP contribution in [0.2, 0.25) is 0 Å². The van der Waals surface area contributed by atoms with Crippen molar-refractivity contribution in [3.63, 3.8) is 0 Å². The number of carbonyl (C=O) groups is 3. The first-order valence-electron chi connectivity index (χ1n) is 14.4. The van der Waals surface area contributed by atoms with Crippen LogP contribution in [0.15, 0.2) is 58.5 Å². The number of urea groups is 1. The number of carbonyl (C=O) groups excluding carboxylic acids is 3. The van der Waals surface area contributed by atoms with Gasteiger partial charge in [0.25, 0.3) is 11.8 Å². The number of aliphatic imine (C=N–C) groups is 2. The quantitative estimate of drug-likeness (QED) is 0.193. The minimum Gasteiger partial charge on any atom is -0.370 e. The van der Waals surface area contributed by atoms with Crippen molar-refractivity contribution in [3.05, 3.63) is 65.2 Å². The highest BCUT2D eigenvalue weighted by molar-refractivity contribution is 6.12. The summed E-state index contributed by atoms with van der Waals surface area (Å²) < 4.78 is 0. The van der Waals surface area contributed by atoms with Crippen molar-refractivity contribution in [1.82, 2.24) is 20.4 Å². The summed E-state index contributed by atoms with van der Waals surface area (Å²) in [6.07, 6.45) is 0. The van der Waals surface area contributed by atoms with E-state index < -0.39 is 47.4 Å². The van der Waals surface area contributed by atoms with Crippen LogP contribution in [0.25, 0.3) is 0 Å². The first kappa shape index (κ1) is 29.4. The van der Waals surface area contributed by atoms with E-state index in [2.05, 4.69) is 41.4 Å². The molecule has 1 spiro atoms. The van der Waals surface area contributed by atoms with Crippen LogP contribution in [0.3, 0.4) is 0 Å². The van der Waals surface area contributed by atoms with Gasteiger partial charge < -0.3 is 37.2 Å². The van der Waals surface area contributed by atoms with E-state index in [9.17, 15) is 24.6 Å². The molecule has 0 bridgehead atoms. The van der Waals surface area contributed by atoms with Crippen LogP contribution in [-0.4, -0.2) is 99.0 Å². The Kier molecular flexibility index (Phi) is 6.63. The summed E-state index contributed by atoms with van der Waals surface area (Å²) in [5.74, 6) is -3.80. The molecule has 4 amide bonds. The van der Waals surface area contributed by atoms with Crippen molar-refractivity contribution >= 4 is 35.5 Å². The Morgan fingerprint density at radius 2 is 1.80 bits per heavy atom. The fourth-order valence-corrected chi connectivity index (χ4v) is 6.88. The maximum absolute atomic E-state index is 13.6. The molecule has 232 valence electrons. The molecule has 2 aromatic carbocycles. The molecule has 4 atom stereocenters. The molecule has 2 aromatic rings. The summed E-state index contributed by atoms with van der Waals surface area (Å²) >= 11 is 0. The second-order valence-electron chi connectivity index (χ2n) is 12.7. The van der Waals surface area contributed by atoms with Crippen molar-refractivity contribution in [2.45, 2.75) is 62.7 Å². The van der Waals surface area contributed by atoms with Gasteiger partial charge in [-0.1, -0.05) is 51.1 Å². The molecule has 4 aliphatic heterocycles. The van der Waals surface area contributed by atoms with Crippen molar-refractivity contribution in [1.29, 1.82) is 0 Å². The molecule has 14 heteroatoms. The van der Waals surface area contributed by atoms with E-state index in [4.69, 9.17) is 11.5 Å². The van der Waals surface area contributed by atoms with Gasteiger partial charge in [-0.2, -0.15) is 0 Å². The summed E-state index contributed by atoms with van der Waals surface area (Å²) in [7, 11) is 0. The van der Waals surface area contributed by atoms with Gasteiger partial charge in [-0.05, 0) is 41.7 Å². The monoisotopic (exact) mass is 603 g/mol. The zero-order chi connectivity index (χ0) is 31.8. The molecule has 6 rings (SSSR count). The van der Waals surface area contributed by atoms with Crippen molar-refractivity contribution in [2.75, 3.05) is 24.5 Å². The van der Waals surface area contributed by atoms with E-state index in [0.717, 1.165) is 16.0 Å². The lowest BCUT2D eigenvalue weighted by atomic mass is 9.82. The van der Waals surface area contributed by atoms with E-state index in [-0.39, 0.29) is 37.0 Å². The molecule has 0 radical (unpaired) electrons. The predicted molar refractivity (Wildman–Crippen MR) is 163 cm³/mol. The zero-order valence-electron chi connectivity index (χ0n) is 25.0. The second kappa shape index (κ2) is 9.92. The number of hydrogen-bond acceptors (Lipinski definition) is 11. The largest absolute Gasteiger partial charge is 0.370 e. The minimum absolute atomic E-state index is 0.0854. The maximum Gasteiger partial charge on any atom is 0.331 e. The highest BCUT2D eigenvalue weighted by atomic mass is 16.5. The van der Waals surface area contributed by atoms with Gasteiger partial charge in [0, 0.05) is 17.8 Å². The molecule has 8 N–H and O–H groups in total. The van der Waals surface area contributed by atoms with Crippen LogP contribution in [0.4, 0.5) is 10.5 Å². The third-order valence-corrected chi connectivity index (χ3v) is 8.99. The van der Waals surface area contributed by atoms with Gasteiger partial charge in [0.15, 0.2) is 17.6 Å². The third kappa shape index (κ3) is 4.27. The van der Waals surface area contributed by atoms with Crippen LogP contribution in [0.5, 0.6) is 0 Å². The molecule has 2 saturated heterocycles. The van der Waals surface area contributed by atoms with E-state index in [0.29, 0.717) is 11.3 Å². The fraction of sp³-hybridized carbons (Fsp3) is 0.433. The number of aliphatic hydroxyl groups is 2. The number of nitrogens with one attached hydrogen (secondary N) is 2. The van der Waals surface area contributed by atoms with Crippen LogP contribution >= 0.6 is 0 Å². The number of rotatable bonds is 5. The molecule has 1 unspecified atom stereocenters. The number of imide groups is 1. The van der Waals surface area contributed by atoms with Crippen LogP contribution < -0.4 is 27.0 Å². The molecule has 44 heavy (non-hydrogen) atoms. The Morgan fingerprint density at radius 1 is 1.09 bits per heavy atom. The Labute approximate surface area is 254 Å². The van der Waals surface area contributed by atoms with Gasteiger partial charge in [0.2, 0.25) is 5.79 Å². The summed E-state index contributed by atoms with van der Waals surface area (Å²) in [6.45, 7) is 7.49. The predicted octanol–water partition coefficient (Wildman–Crippen LogP) is -0.464. The standard InChI is InChI=1S/C30H37N9O5/c1-16-18(11-8-12-19(16)28(2,3)4)24(41)34-21-14-39-26(32)33-20(23-29(39,30(21,43)44)36-25(31)35-23)13-38-22(40)15-37(27(38)42)17-9-6-5-7-10-17/h5-12,20-21,23,43-44H,13-15H2,1-4H3,(H2,32,33)(H,34,41)(H3,31,35,36)/t20-,21?,23-,29-/m0/s1. The first-order valence-corrected chi connectivity index (χ1v) is 14.4. The Hall–Kier alpha value is -4.69. The van der Waals surface area contributed by atoms with Crippen molar-refractivity contribution in [2.24, 2.45) is 21.5 Å². The molecular weight excluding hydrogens is 566 g/mol. The average Bonchev–Trinajstić information content (AvgIpc) is 3.54. The van der Waals surface area contributed by atoms with Gasteiger partial charge in [0.05, 0.1) is 12.6 Å². The van der Waals surface area contributed by atoms with Crippen molar-refractivity contribution < 1.29 is 24.6 Å². The molecule has 0 aliphatic carbocycles. The molecule has 0 aromatic heterocycles.